The van der Waals surface area contributed by atoms with Gasteiger partial charge in [-0.2, -0.15) is 0 Å². The molecule has 3 aromatic heterocycles. The van der Waals surface area contributed by atoms with Gasteiger partial charge in [0.05, 0.1) is 29.5 Å². The van der Waals surface area contributed by atoms with Crippen molar-refractivity contribution in [2.45, 2.75) is 27.2 Å². The largest absolute Gasteiger partial charge is 0.369 e. The molecule has 0 radical (unpaired) electrons. The van der Waals surface area contributed by atoms with Crippen LogP contribution in [0.15, 0.2) is 30.7 Å². The molecule has 0 unspecified atom stereocenters. The van der Waals surface area contributed by atoms with Gasteiger partial charge in [0.2, 0.25) is 0 Å². The highest BCUT2D eigenvalue weighted by atomic mass is 16.1. The van der Waals surface area contributed by atoms with Crippen molar-refractivity contribution in [2.75, 3.05) is 29.9 Å². The van der Waals surface area contributed by atoms with Crippen molar-refractivity contribution in [2.24, 2.45) is 5.73 Å². The normalized spacial score (nSPS) is 11.0. The van der Waals surface area contributed by atoms with Gasteiger partial charge in [-0.05, 0) is 32.4 Å². The SMILES string of the molecule is CCCN(CCN)c1ccc(C(=O)Nc2cn3cc(C)nc(C)c3n2)nc1. The number of pyridine rings is 1. The van der Waals surface area contributed by atoms with E-state index < -0.39 is 0 Å². The Morgan fingerprint density at radius 2 is 2.04 bits per heavy atom. The number of hydrogen-bond acceptors (Lipinski definition) is 6. The van der Waals surface area contributed by atoms with Crippen molar-refractivity contribution in [3.8, 4) is 0 Å². The Balaban J connectivity index is 1.75. The van der Waals surface area contributed by atoms with E-state index in [9.17, 15) is 4.79 Å². The fourth-order valence-electron chi connectivity index (χ4n) is 3.05. The molecule has 0 fully saturated rings. The molecule has 3 aromatic rings. The number of aromatic nitrogens is 4. The highest BCUT2D eigenvalue weighted by Gasteiger charge is 2.13. The van der Waals surface area contributed by atoms with Gasteiger partial charge in [0, 0.05) is 25.8 Å². The molecule has 8 heteroatoms. The number of aryl methyl sites for hydroxylation is 2. The number of amides is 1. The number of nitrogens with one attached hydrogen (secondary N) is 1. The number of fused-ring (bicyclic) bond motifs is 1. The number of nitrogens with two attached hydrogens (primary N) is 1. The molecule has 3 rings (SSSR count). The molecule has 1 amide bonds. The molecule has 0 bridgehead atoms. The fraction of sp³-hybridized carbons (Fsp3) is 0.368. The fourth-order valence-corrected chi connectivity index (χ4v) is 3.05. The number of carbonyl (C=O) groups is 1. The highest BCUT2D eigenvalue weighted by Crippen LogP contribution is 2.16. The summed E-state index contributed by atoms with van der Waals surface area (Å²) in [4.78, 5) is 27.8. The van der Waals surface area contributed by atoms with E-state index >= 15 is 0 Å². The third-order valence-corrected chi connectivity index (χ3v) is 4.21. The Morgan fingerprint density at radius 1 is 1.22 bits per heavy atom. The van der Waals surface area contributed by atoms with Crippen LogP contribution in [0.1, 0.15) is 35.2 Å². The van der Waals surface area contributed by atoms with E-state index in [2.05, 4.69) is 32.1 Å². The molecular formula is C19H25N7O. The van der Waals surface area contributed by atoms with Crippen molar-refractivity contribution in [3.05, 3.63) is 47.8 Å². The average Bonchev–Trinajstić information content (AvgIpc) is 3.04. The summed E-state index contributed by atoms with van der Waals surface area (Å²) in [5.41, 5.74) is 9.40. The summed E-state index contributed by atoms with van der Waals surface area (Å²) in [6.07, 6.45) is 6.37. The van der Waals surface area contributed by atoms with Crippen LogP contribution < -0.4 is 16.0 Å². The highest BCUT2D eigenvalue weighted by molar-refractivity contribution is 6.02. The number of carbonyl (C=O) groups excluding carboxylic acids is 1. The van der Waals surface area contributed by atoms with E-state index in [1.54, 1.807) is 18.5 Å². The van der Waals surface area contributed by atoms with Gasteiger partial charge in [0.15, 0.2) is 11.5 Å². The third kappa shape index (κ3) is 4.22. The maximum atomic E-state index is 12.5. The zero-order chi connectivity index (χ0) is 19.4. The second-order valence-electron chi connectivity index (χ2n) is 6.46. The third-order valence-electron chi connectivity index (χ3n) is 4.21. The van der Waals surface area contributed by atoms with E-state index in [0.717, 1.165) is 42.2 Å². The first-order valence-electron chi connectivity index (χ1n) is 9.07. The van der Waals surface area contributed by atoms with Gasteiger partial charge in [-0.15, -0.1) is 0 Å². The molecule has 27 heavy (non-hydrogen) atoms. The molecule has 3 N–H and O–H groups in total. The van der Waals surface area contributed by atoms with Gasteiger partial charge in [0.25, 0.3) is 5.91 Å². The van der Waals surface area contributed by atoms with Gasteiger partial charge < -0.3 is 20.4 Å². The molecule has 142 valence electrons. The summed E-state index contributed by atoms with van der Waals surface area (Å²) in [6.45, 7) is 8.16. The second-order valence-corrected chi connectivity index (χ2v) is 6.46. The number of hydrogen-bond donors (Lipinski definition) is 2. The predicted molar refractivity (Wildman–Crippen MR) is 106 cm³/mol. The standard InChI is InChI=1S/C19H25N7O/c1-4-8-25(9-7-20)15-5-6-16(21-10-15)19(27)24-17-12-26-11-13(2)22-14(3)18(26)23-17/h5-6,10-12H,4,7-9,20H2,1-3H3,(H,24,27). The summed E-state index contributed by atoms with van der Waals surface area (Å²) in [5.74, 6) is 0.172. The molecule has 0 aliphatic carbocycles. The minimum absolute atomic E-state index is 0.298. The van der Waals surface area contributed by atoms with E-state index in [1.807, 2.05) is 30.5 Å². The van der Waals surface area contributed by atoms with Crippen LogP contribution in [0.4, 0.5) is 11.5 Å². The van der Waals surface area contributed by atoms with Crippen molar-refractivity contribution >= 4 is 23.1 Å². The molecular weight excluding hydrogens is 342 g/mol. The Morgan fingerprint density at radius 3 is 2.70 bits per heavy atom. The molecule has 0 saturated heterocycles. The number of imidazole rings is 1. The summed E-state index contributed by atoms with van der Waals surface area (Å²) in [5, 5.41) is 2.80. The Hall–Kier alpha value is -3.00. The van der Waals surface area contributed by atoms with Crippen LogP contribution in [0.5, 0.6) is 0 Å². The Kier molecular flexibility index (Phi) is 5.66. The first-order chi connectivity index (χ1) is 13.0. The van der Waals surface area contributed by atoms with Gasteiger partial charge in [0.1, 0.15) is 5.69 Å². The molecule has 0 spiro atoms. The lowest BCUT2D eigenvalue weighted by molar-refractivity contribution is 0.102. The van der Waals surface area contributed by atoms with Crippen molar-refractivity contribution < 1.29 is 4.79 Å². The minimum atomic E-state index is -0.298. The number of rotatable bonds is 7. The zero-order valence-electron chi connectivity index (χ0n) is 15.9. The van der Waals surface area contributed by atoms with Crippen molar-refractivity contribution in [3.63, 3.8) is 0 Å². The first kappa shape index (κ1) is 18.8. The van der Waals surface area contributed by atoms with Crippen molar-refractivity contribution in [1.29, 1.82) is 0 Å². The van der Waals surface area contributed by atoms with Crippen molar-refractivity contribution in [1.82, 2.24) is 19.4 Å². The van der Waals surface area contributed by atoms with Gasteiger partial charge in [-0.25, -0.2) is 9.97 Å². The second kappa shape index (κ2) is 8.13. The predicted octanol–water partition coefficient (Wildman–Crippen LogP) is 2.17. The molecule has 0 aliphatic heterocycles. The lowest BCUT2D eigenvalue weighted by Gasteiger charge is -2.23. The topological polar surface area (TPSA) is 101 Å². The first-order valence-corrected chi connectivity index (χ1v) is 9.07. The minimum Gasteiger partial charge on any atom is -0.369 e. The zero-order valence-corrected chi connectivity index (χ0v) is 15.9. The number of nitrogens with zero attached hydrogens (tertiary/aromatic N) is 5. The quantitative estimate of drug-likeness (QED) is 0.664. The lowest BCUT2D eigenvalue weighted by Crippen LogP contribution is -2.30. The van der Waals surface area contributed by atoms with E-state index in [0.29, 0.717) is 18.1 Å². The van der Waals surface area contributed by atoms with E-state index in [-0.39, 0.29) is 5.91 Å². The van der Waals surface area contributed by atoms with E-state index in [1.165, 1.54) is 0 Å². The van der Waals surface area contributed by atoms with Crippen LogP contribution >= 0.6 is 0 Å². The van der Waals surface area contributed by atoms with Crippen LogP contribution in [-0.2, 0) is 0 Å². The Labute approximate surface area is 158 Å². The Bertz CT molecular complexity index is 927. The smallest absolute Gasteiger partial charge is 0.275 e. The van der Waals surface area contributed by atoms with Gasteiger partial charge in [-0.3, -0.25) is 9.78 Å². The van der Waals surface area contributed by atoms with Crippen LogP contribution in [0.3, 0.4) is 0 Å². The van der Waals surface area contributed by atoms with Crippen LogP contribution in [0, 0.1) is 13.8 Å². The molecule has 0 atom stereocenters. The number of anilines is 2. The maximum Gasteiger partial charge on any atom is 0.275 e. The van der Waals surface area contributed by atoms with Gasteiger partial charge in [-0.1, -0.05) is 6.92 Å². The molecule has 0 aromatic carbocycles. The molecule has 0 aliphatic rings. The van der Waals surface area contributed by atoms with E-state index in [4.69, 9.17) is 5.73 Å². The van der Waals surface area contributed by atoms with Crippen LogP contribution in [0.2, 0.25) is 0 Å². The summed E-state index contributed by atoms with van der Waals surface area (Å²) in [7, 11) is 0. The summed E-state index contributed by atoms with van der Waals surface area (Å²) < 4.78 is 1.86. The van der Waals surface area contributed by atoms with Crippen LogP contribution in [0.25, 0.3) is 5.65 Å². The summed E-state index contributed by atoms with van der Waals surface area (Å²) in [6, 6.07) is 3.62. The molecule has 3 heterocycles. The van der Waals surface area contributed by atoms with Crippen LogP contribution in [-0.4, -0.2) is 44.9 Å². The summed E-state index contributed by atoms with van der Waals surface area (Å²) >= 11 is 0. The maximum absolute atomic E-state index is 12.5. The lowest BCUT2D eigenvalue weighted by atomic mass is 10.2. The molecule has 0 saturated carbocycles. The monoisotopic (exact) mass is 367 g/mol. The average molecular weight is 367 g/mol. The molecule has 8 nitrogen and oxygen atoms in total. The van der Waals surface area contributed by atoms with Gasteiger partial charge >= 0.3 is 0 Å².